The van der Waals surface area contributed by atoms with Crippen molar-refractivity contribution in [1.82, 2.24) is 0 Å². The second-order valence-electron chi connectivity index (χ2n) is 15.3. The molecule has 3 N–H and O–H groups in total. The Morgan fingerprint density at radius 3 is 1.48 bits per heavy atom. The quantitative estimate of drug-likeness (QED) is 0.0271. The van der Waals surface area contributed by atoms with E-state index in [-0.39, 0.29) is 32.3 Å². The highest BCUT2D eigenvalue weighted by Gasteiger charge is 2.25. The molecule has 0 aliphatic heterocycles. The Bertz CT molecular complexity index is 884. The molecule has 0 fully saturated rings. The minimum absolute atomic E-state index is 0.0941. The number of unbranched alkanes of at least 4 members (excludes halogenated alkanes) is 27. The predicted molar refractivity (Wildman–Crippen MR) is 229 cm³/mol. The molecule has 1 unspecified atom stereocenters. The molecule has 0 amide bonds. The number of allylic oxidation sites excluding steroid dienone is 4. The van der Waals surface area contributed by atoms with E-state index in [4.69, 9.17) is 24.3 Å². The number of carbonyl (C=O) groups excluding carboxylic acids is 1. The average molecular weight is 786 g/mol. The summed E-state index contributed by atoms with van der Waals surface area (Å²) in [5.74, 6) is -0.331. The van der Waals surface area contributed by atoms with Crippen LogP contribution < -0.4 is 5.73 Å². The topological polar surface area (TPSA) is 117 Å². The third-order valence-electron chi connectivity index (χ3n) is 9.87. The lowest BCUT2D eigenvalue weighted by molar-refractivity contribution is -0.154. The van der Waals surface area contributed by atoms with Crippen LogP contribution in [-0.2, 0) is 27.9 Å². The molecule has 320 valence electrons. The molecule has 2 atom stereocenters. The number of phosphoric ester groups is 1. The second-order valence-corrected chi connectivity index (χ2v) is 16.7. The number of nitrogens with two attached hydrogens (primary N) is 1. The van der Waals surface area contributed by atoms with Gasteiger partial charge in [-0.05, 0) is 44.9 Å². The molecular weight excluding hydrogens is 697 g/mol. The lowest BCUT2D eigenvalue weighted by atomic mass is 10.0. The molecule has 8 nitrogen and oxygen atoms in total. The van der Waals surface area contributed by atoms with Crippen LogP contribution in [0.4, 0.5) is 0 Å². The van der Waals surface area contributed by atoms with Gasteiger partial charge in [-0.3, -0.25) is 13.8 Å². The summed E-state index contributed by atoms with van der Waals surface area (Å²) in [5.41, 5.74) is 5.37. The highest BCUT2D eigenvalue weighted by Crippen LogP contribution is 2.43. The van der Waals surface area contributed by atoms with Gasteiger partial charge in [-0.15, -0.1) is 0 Å². The molecule has 0 rings (SSSR count). The Morgan fingerprint density at radius 1 is 0.556 bits per heavy atom. The van der Waals surface area contributed by atoms with Gasteiger partial charge >= 0.3 is 13.8 Å². The Hall–Kier alpha value is -1.02. The van der Waals surface area contributed by atoms with Crippen LogP contribution in [0.2, 0.25) is 0 Å². The lowest BCUT2D eigenvalue weighted by Gasteiger charge is -2.20. The van der Waals surface area contributed by atoms with Crippen molar-refractivity contribution < 1.29 is 32.8 Å². The van der Waals surface area contributed by atoms with Crippen LogP contribution in [0.25, 0.3) is 0 Å². The molecule has 0 heterocycles. The largest absolute Gasteiger partial charge is 0.472 e. The zero-order chi connectivity index (χ0) is 39.5. The number of hydrogen-bond acceptors (Lipinski definition) is 7. The number of hydrogen-bond donors (Lipinski definition) is 2. The smallest absolute Gasteiger partial charge is 0.457 e. The average Bonchev–Trinajstić information content (AvgIpc) is 3.16. The maximum Gasteiger partial charge on any atom is 0.472 e. The summed E-state index contributed by atoms with van der Waals surface area (Å²) in [5, 5.41) is 0. The van der Waals surface area contributed by atoms with Gasteiger partial charge in [0.1, 0.15) is 6.10 Å². The van der Waals surface area contributed by atoms with Gasteiger partial charge in [0.15, 0.2) is 0 Å². The summed E-state index contributed by atoms with van der Waals surface area (Å²) in [6.07, 6.45) is 47.6. The molecule has 0 saturated heterocycles. The third kappa shape index (κ3) is 42.1. The maximum absolute atomic E-state index is 12.6. The van der Waals surface area contributed by atoms with E-state index in [1.165, 1.54) is 161 Å². The van der Waals surface area contributed by atoms with Gasteiger partial charge in [0.2, 0.25) is 0 Å². The van der Waals surface area contributed by atoms with Gasteiger partial charge in [-0.1, -0.05) is 192 Å². The van der Waals surface area contributed by atoms with Crippen molar-refractivity contribution in [1.29, 1.82) is 0 Å². The van der Waals surface area contributed by atoms with Gasteiger partial charge in [0.25, 0.3) is 0 Å². The normalized spacial score (nSPS) is 13.6. The lowest BCUT2D eigenvalue weighted by Crippen LogP contribution is -2.28. The molecule has 9 heteroatoms. The molecular formula is C45H88NO7P. The first-order chi connectivity index (χ1) is 26.4. The third-order valence-corrected chi connectivity index (χ3v) is 10.9. The van der Waals surface area contributed by atoms with Gasteiger partial charge < -0.3 is 20.1 Å². The van der Waals surface area contributed by atoms with E-state index in [1.807, 2.05) is 0 Å². The summed E-state index contributed by atoms with van der Waals surface area (Å²) < 4.78 is 33.5. The molecule has 0 spiro atoms. The predicted octanol–water partition coefficient (Wildman–Crippen LogP) is 13.6. The van der Waals surface area contributed by atoms with E-state index in [1.54, 1.807) is 0 Å². The SMILES string of the molecule is CCCCC/C=C\C/C=C\CCCCCCCCCCCC(=O)O[C@H](COCCCCCCCCCCCCCCCCCC)COP(=O)(O)OCCN. The Balaban J connectivity index is 3.98. The number of esters is 1. The van der Waals surface area contributed by atoms with Gasteiger partial charge in [-0.25, -0.2) is 4.57 Å². The molecule has 0 aromatic rings. The Kier molecular flexibility index (Phi) is 42.3. The number of phosphoric acid groups is 1. The van der Waals surface area contributed by atoms with Crippen molar-refractivity contribution in [3.8, 4) is 0 Å². The van der Waals surface area contributed by atoms with E-state index in [9.17, 15) is 14.3 Å². The van der Waals surface area contributed by atoms with E-state index in [0.717, 1.165) is 38.5 Å². The molecule has 54 heavy (non-hydrogen) atoms. The summed E-state index contributed by atoms with van der Waals surface area (Å²) in [4.78, 5) is 22.5. The molecule has 0 aromatic heterocycles. The van der Waals surface area contributed by atoms with Crippen molar-refractivity contribution in [2.75, 3.05) is 33.0 Å². The molecule has 0 aliphatic rings. The summed E-state index contributed by atoms with van der Waals surface area (Å²) >= 11 is 0. The van der Waals surface area contributed by atoms with E-state index in [0.29, 0.717) is 13.0 Å². The minimum Gasteiger partial charge on any atom is -0.457 e. The highest BCUT2D eigenvalue weighted by molar-refractivity contribution is 7.47. The second kappa shape index (κ2) is 43.1. The molecule has 0 radical (unpaired) electrons. The fraction of sp³-hybridized carbons (Fsp3) is 0.889. The summed E-state index contributed by atoms with van der Waals surface area (Å²) in [7, 11) is -4.27. The monoisotopic (exact) mass is 786 g/mol. The van der Waals surface area contributed by atoms with Crippen LogP contribution >= 0.6 is 7.82 Å². The standard InChI is InChI=1S/C45H88NO7P/c1-3-5-7-9-11-13-15-17-19-21-22-23-24-26-28-30-32-34-36-38-45(47)53-44(43-52-54(48,49)51-41-39-46)42-50-40-37-35-33-31-29-27-25-20-18-16-14-12-10-8-6-4-2/h11,13,17,19,44H,3-10,12,14-16,18,20-43,46H2,1-2H3,(H,48,49)/b13-11-,19-17-/t44-/m1/s1. The van der Waals surface area contributed by atoms with Gasteiger partial charge in [0, 0.05) is 19.6 Å². The van der Waals surface area contributed by atoms with E-state index < -0.39 is 13.9 Å². The number of ether oxygens (including phenoxy) is 2. The fourth-order valence-corrected chi connectivity index (χ4v) is 7.26. The maximum atomic E-state index is 12.6. The Labute approximate surface area is 334 Å². The summed E-state index contributed by atoms with van der Waals surface area (Å²) in [6.45, 7) is 4.93. The van der Waals surface area contributed by atoms with Gasteiger partial charge in [-0.2, -0.15) is 0 Å². The van der Waals surface area contributed by atoms with Gasteiger partial charge in [0.05, 0.1) is 19.8 Å². The highest BCUT2D eigenvalue weighted by atomic mass is 31.2. The summed E-state index contributed by atoms with van der Waals surface area (Å²) in [6, 6.07) is 0. The van der Waals surface area contributed by atoms with Crippen molar-refractivity contribution in [3.63, 3.8) is 0 Å². The van der Waals surface area contributed by atoms with Crippen LogP contribution in [0.5, 0.6) is 0 Å². The zero-order valence-electron chi connectivity index (χ0n) is 35.5. The molecule has 0 aromatic carbocycles. The molecule has 0 saturated carbocycles. The van der Waals surface area contributed by atoms with Crippen molar-refractivity contribution in [3.05, 3.63) is 24.3 Å². The van der Waals surface area contributed by atoms with Crippen LogP contribution in [-0.4, -0.2) is 49.9 Å². The first-order valence-corrected chi connectivity index (χ1v) is 24.3. The number of carbonyl (C=O) groups is 1. The van der Waals surface area contributed by atoms with Crippen LogP contribution in [0.3, 0.4) is 0 Å². The minimum atomic E-state index is -4.27. The van der Waals surface area contributed by atoms with E-state index >= 15 is 0 Å². The van der Waals surface area contributed by atoms with Crippen molar-refractivity contribution in [2.24, 2.45) is 5.73 Å². The molecule has 0 aliphatic carbocycles. The van der Waals surface area contributed by atoms with Crippen LogP contribution in [0.15, 0.2) is 24.3 Å². The van der Waals surface area contributed by atoms with E-state index in [2.05, 4.69) is 38.2 Å². The first kappa shape index (κ1) is 53.0. The van der Waals surface area contributed by atoms with Crippen molar-refractivity contribution >= 4 is 13.8 Å². The first-order valence-electron chi connectivity index (χ1n) is 22.8. The molecule has 0 bridgehead atoms. The van der Waals surface area contributed by atoms with Crippen LogP contribution in [0, 0.1) is 0 Å². The Morgan fingerprint density at radius 2 is 0.981 bits per heavy atom. The zero-order valence-corrected chi connectivity index (χ0v) is 36.4. The van der Waals surface area contributed by atoms with Crippen molar-refractivity contribution in [2.45, 2.75) is 225 Å². The fourth-order valence-electron chi connectivity index (χ4n) is 6.50. The van der Waals surface area contributed by atoms with Crippen LogP contribution in [0.1, 0.15) is 219 Å². The number of rotatable bonds is 44.